The molecule has 17 heavy (non-hydrogen) atoms. The molecule has 0 aliphatic carbocycles. The number of hydrogen-bond acceptors (Lipinski definition) is 3. The molecule has 2 heterocycles. The molecule has 0 radical (unpaired) electrons. The zero-order valence-electron chi connectivity index (χ0n) is 10.8. The number of imidazole rings is 1. The molecule has 4 nitrogen and oxygen atoms in total. The lowest BCUT2D eigenvalue weighted by Gasteiger charge is -2.23. The lowest BCUT2D eigenvalue weighted by molar-refractivity contribution is 0.0805. The van der Waals surface area contributed by atoms with Crippen LogP contribution in [-0.2, 0) is 18.2 Å². The second-order valence-corrected chi connectivity index (χ2v) is 4.93. The predicted molar refractivity (Wildman–Crippen MR) is 67.6 cm³/mol. The molecule has 1 aliphatic heterocycles. The van der Waals surface area contributed by atoms with Crippen LogP contribution in [0.1, 0.15) is 32.0 Å². The first-order chi connectivity index (χ1) is 8.22. The van der Waals surface area contributed by atoms with Crippen LogP contribution in [0.25, 0.3) is 0 Å². The molecule has 3 unspecified atom stereocenters. The third-order valence-electron chi connectivity index (χ3n) is 3.84. The fourth-order valence-electron chi connectivity index (χ4n) is 2.72. The van der Waals surface area contributed by atoms with Crippen LogP contribution < -0.4 is 5.73 Å². The van der Waals surface area contributed by atoms with E-state index in [1.54, 1.807) is 0 Å². The Morgan fingerprint density at radius 2 is 2.47 bits per heavy atom. The fraction of sp³-hybridized carbons (Fsp3) is 0.769. The molecule has 0 amide bonds. The maximum absolute atomic E-state index is 6.29. The van der Waals surface area contributed by atoms with Crippen molar-refractivity contribution in [2.45, 2.75) is 44.8 Å². The predicted octanol–water partition coefficient (Wildman–Crippen LogP) is 1.50. The van der Waals surface area contributed by atoms with Gasteiger partial charge in [0.2, 0.25) is 0 Å². The Labute approximate surface area is 103 Å². The van der Waals surface area contributed by atoms with Gasteiger partial charge in [0.25, 0.3) is 0 Å². The van der Waals surface area contributed by atoms with E-state index in [4.69, 9.17) is 10.5 Å². The summed E-state index contributed by atoms with van der Waals surface area (Å²) >= 11 is 0. The number of nitrogens with zero attached hydrogens (tertiary/aromatic N) is 2. The van der Waals surface area contributed by atoms with Gasteiger partial charge in [0.1, 0.15) is 5.82 Å². The van der Waals surface area contributed by atoms with Gasteiger partial charge in [-0.05, 0) is 19.3 Å². The van der Waals surface area contributed by atoms with Crippen molar-refractivity contribution in [3.05, 3.63) is 18.2 Å². The Bertz CT molecular complexity index is 350. The number of rotatable bonds is 5. The largest absolute Gasteiger partial charge is 0.378 e. The van der Waals surface area contributed by atoms with Gasteiger partial charge in [-0.1, -0.05) is 6.92 Å². The molecule has 0 saturated carbocycles. The summed E-state index contributed by atoms with van der Waals surface area (Å²) in [6.45, 7) is 3.05. The van der Waals surface area contributed by atoms with Gasteiger partial charge < -0.3 is 15.0 Å². The maximum Gasteiger partial charge on any atom is 0.108 e. The number of nitrogens with two attached hydrogens (primary N) is 1. The average Bonchev–Trinajstić information content (AvgIpc) is 2.94. The highest BCUT2D eigenvalue weighted by atomic mass is 16.5. The molecule has 0 bridgehead atoms. The van der Waals surface area contributed by atoms with Crippen LogP contribution in [0.4, 0.5) is 0 Å². The molecule has 96 valence electrons. The Morgan fingerprint density at radius 3 is 3.12 bits per heavy atom. The van der Waals surface area contributed by atoms with Crippen LogP contribution >= 0.6 is 0 Å². The zero-order valence-corrected chi connectivity index (χ0v) is 10.8. The minimum absolute atomic E-state index is 0.235. The van der Waals surface area contributed by atoms with E-state index in [0.29, 0.717) is 12.0 Å². The van der Waals surface area contributed by atoms with Crippen LogP contribution in [-0.4, -0.2) is 28.3 Å². The first-order valence-electron chi connectivity index (χ1n) is 6.55. The quantitative estimate of drug-likeness (QED) is 0.844. The summed E-state index contributed by atoms with van der Waals surface area (Å²) in [5.41, 5.74) is 6.29. The summed E-state index contributed by atoms with van der Waals surface area (Å²) in [6, 6.07) is 0.235. The van der Waals surface area contributed by atoms with E-state index >= 15 is 0 Å². The second kappa shape index (κ2) is 5.65. The van der Waals surface area contributed by atoms with Crippen molar-refractivity contribution in [3.63, 3.8) is 0 Å². The van der Waals surface area contributed by atoms with Gasteiger partial charge in [0, 0.05) is 44.4 Å². The van der Waals surface area contributed by atoms with Crippen molar-refractivity contribution in [1.29, 1.82) is 0 Å². The molecule has 3 atom stereocenters. The Kier molecular flexibility index (Phi) is 4.18. The first-order valence-corrected chi connectivity index (χ1v) is 6.55. The summed E-state index contributed by atoms with van der Waals surface area (Å²) in [5, 5.41) is 0. The van der Waals surface area contributed by atoms with E-state index in [2.05, 4.69) is 16.5 Å². The summed E-state index contributed by atoms with van der Waals surface area (Å²) in [7, 11) is 2.03. The Balaban J connectivity index is 1.85. The topological polar surface area (TPSA) is 53.1 Å². The smallest absolute Gasteiger partial charge is 0.108 e. The van der Waals surface area contributed by atoms with Crippen molar-refractivity contribution in [2.75, 3.05) is 6.61 Å². The van der Waals surface area contributed by atoms with Gasteiger partial charge in [0.05, 0.1) is 6.10 Å². The van der Waals surface area contributed by atoms with Crippen LogP contribution in [0.5, 0.6) is 0 Å². The molecule has 4 heteroatoms. The number of aryl methyl sites for hydroxylation is 2. The highest BCUT2D eigenvalue weighted by molar-refractivity contribution is 4.93. The normalized spacial score (nSPS) is 26.3. The van der Waals surface area contributed by atoms with Crippen molar-refractivity contribution in [3.8, 4) is 0 Å². The maximum atomic E-state index is 6.29. The SMILES string of the molecule is CCC1OCCC1C(N)CCc1nccn1C. The van der Waals surface area contributed by atoms with Gasteiger partial charge in [-0.2, -0.15) is 0 Å². The molecule has 1 fully saturated rings. The molecule has 0 spiro atoms. The fourth-order valence-corrected chi connectivity index (χ4v) is 2.72. The van der Waals surface area contributed by atoms with Gasteiger partial charge in [-0.15, -0.1) is 0 Å². The molecular formula is C13H23N3O. The third-order valence-corrected chi connectivity index (χ3v) is 3.84. The Hall–Kier alpha value is -0.870. The number of hydrogen-bond donors (Lipinski definition) is 1. The average molecular weight is 237 g/mol. The van der Waals surface area contributed by atoms with Crippen molar-refractivity contribution in [2.24, 2.45) is 18.7 Å². The minimum Gasteiger partial charge on any atom is -0.378 e. The van der Waals surface area contributed by atoms with Crippen LogP contribution in [0.15, 0.2) is 12.4 Å². The first kappa shape index (κ1) is 12.6. The van der Waals surface area contributed by atoms with Crippen LogP contribution in [0.3, 0.4) is 0 Å². The molecule has 1 aromatic rings. The zero-order chi connectivity index (χ0) is 12.3. The summed E-state index contributed by atoms with van der Waals surface area (Å²) in [5.74, 6) is 1.65. The van der Waals surface area contributed by atoms with E-state index in [9.17, 15) is 0 Å². The van der Waals surface area contributed by atoms with E-state index < -0.39 is 0 Å². The lowest BCUT2D eigenvalue weighted by atomic mass is 9.89. The second-order valence-electron chi connectivity index (χ2n) is 4.93. The third kappa shape index (κ3) is 2.87. The van der Waals surface area contributed by atoms with Crippen molar-refractivity contribution in [1.82, 2.24) is 9.55 Å². The molecule has 1 saturated heterocycles. The van der Waals surface area contributed by atoms with Crippen LogP contribution in [0, 0.1) is 5.92 Å². The summed E-state index contributed by atoms with van der Waals surface area (Å²) in [6.07, 6.45) is 8.32. The molecule has 2 rings (SSSR count). The molecule has 1 aliphatic rings. The van der Waals surface area contributed by atoms with Crippen molar-refractivity contribution >= 4 is 0 Å². The van der Waals surface area contributed by atoms with Crippen molar-refractivity contribution < 1.29 is 4.74 Å². The minimum atomic E-state index is 0.235. The lowest BCUT2D eigenvalue weighted by Crippen LogP contribution is -2.35. The van der Waals surface area contributed by atoms with E-state index in [1.807, 2.05) is 19.4 Å². The van der Waals surface area contributed by atoms with E-state index in [-0.39, 0.29) is 6.04 Å². The van der Waals surface area contributed by atoms with E-state index in [1.165, 1.54) is 0 Å². The molecule has 1 aromatic heterocycles. The summed E-state index contributed by atoms with van der Waals surface area (Å²) < 4.78 is 7.76. The highest BCUT2D eigenvalue weighted by Crippen LogP contribution is 2.27. The number of ether oxygens (including phenoxy) is 1. The van der Waals surface area contributed by atoms with E-state index in [0.717, 1.165) is 38.1 Å². The highest BCUT2D eigenvalue weighted by Gasteiger charge is 2.31. The summed E-state index contributed by atoms with van der Waals surface area (Å²) in [4.78, 5) is 4.33. The van der Waals surface area contributed by atoms with Gasteiger partial charge in [-0.25, -0.2) is 4.98 Å². The molecule has 0 aromatic carbocycles. The van der Waals surface area contributed by atoms with Gasteiger partial charge in [-0.3, -0.25) is 0 Å². The molecular weight excluding hydrogens is 214 g/mol. The standard InChI is InChI=1S/C13H23N3O/c1-3-12-10(6-9-17-12)11(14)4-5-13-15-7-8-16(13)2/h7-8,10-12H,3-6,9,14H2,1-2H3. The van der Waals surface area contributed by atoms with Crippen LogP contribution in [0.2, 0.25) is 0 Å². The monoisotopic (exact) mass is 237 g/mol. The van der Waals surface area contributed by atoms with Gasteiger partial charge in [0.15, 0.2) is 0 Å². The Morgan fingerprint density at radius 1 is 1.65 bits per heavy atom. The number of aromatic nitrogens is 2. The van der Waals surface area contributed by atoms with Gasteiger partial charge >= 0.3 is 0 Å². The molecule has 2 N–H and O–H groups in total.